The van der Waals surface area contributed by atoms with E-state index in [0.717, 1.165) is 19.3 Å². The van der Waals surface area contributed by atoms with Gasteiger partial charge in [0.1, 0.15) is 11.5 Å². The van der Waals surface area contributed by atoms with Gasteiger partial charge in [-0.2, -0.15) is 5.10 Å². The SMILES string of the molecule is COc1cccc(OC)c1-c1cc(C(=O)NC23CC4CC(CC(C4)C2C(=O)O)C3)nn1-c1ccc(C(N)=O)c(Cl)c1. The van der Waals surface area contributed by atoms with Gasteiger partial charge >= 0.3 is 5.97 Å². The predicted octanol–water partition coefficient (Wildman–Crippen LogP) is 4.32. The molecule has 10 nitrogen and oxygen atoms in total. The predicted molar refractivity (Wildman–Crippen MR) is 151 cm³/mol. The summed E-state index contributed by atoms with van der Waals surface area (Å²) in [4.78, 5) is 38.1. The molecule has 4 fully saturated rings. The van der Waals surface area contributed by atoms with Crippen molar-refractivity contribution in [1.82, 2.24) is 15.1 Å². The number of methoxy groups -OCH3 is 2. The van der Waals surface area contributed by atoms with Crippen LogP contribution in [0.25, 0.3) is 16.9 Å². The number of nitrogens with one attached hydrogen (secondary N) is 1. The van der Waals surface area contributed by atoms with Gasteiger partial charge in [-0.3, -0.25) is 14.4 Å². The molecule has 1 aromatic heterocycles. The molecule has 1 heterocycles. The Morgan fingerprint density at radius 1 is 1.05 bits per heavy atom. The van der Waals surface area contributed by atoms with Gasteiger partial charge < -0.3 is 25.6 Å². The minimum Gasteiger partial charge on any atom is -0.496 e. The molecule has 7 rings (SSSR count). The lowest BCUT2D eigenvalue weighted by Crippen LogP contribution is -2.67. The van der Waals surface area contributed by atoms with E-state index >= 15 is 0 Å². The van der Waals surface area contributed by atoms with Gasteiger partial charge in [-0.1, -0.05) is 17.7 Å². The molecule has 4 N–H and O–H groups in total. The number of hydrogen-bond acceptors (Lipinski definition) is 6. The molecular formula is C30H31ClN4O6. The van der Waals surface area contributed by atoms with Crippen molar-refractivity contribution in [2.75, 3.05) is 14.2 Å². The minimum atomic E-state index is -0.858. The lowest BCUT2D eigenvalue weighted by Gasteiger charge is -2.59. The van der Waals surface area contributed by atoms with E-state index in [1.165, 1.54) is 25.0 Å². The summed E-state index contributed by atoms with van der Waals surface area (Å²) in [7, 11) is 3.06. The smallest absolute Gasteiger partial charge is 0.309 e. The maximum atomic E-state index is 13.9. The Kier molecular flexibility index (Phi) is 6.68. The first-order chi connectivity index (χ1) is 19.6. The van der Waals surface area contributed by atoms with Crippen molar-refractivity contribution in [1.29, 1.82) is 0 Å². The number of benzene rings is 2. The third-order valence-corrected chi connectivity index (χ3v) is 9.34. The summed E-state index contributed by atoms with van der Waals surface area (Å²) in [6.07, 6.45) is 4.20. The van der Waals surface area contributed by atoms with Gasteiger partial charge in [-0.05, 0) is 86.3 Å². The van der Waals surface area contributed by atoms with Crippen molar-refractivity contribution in [3.63, 3.8) is 0 Å². The number of aliphatic carboxylic acids is 1. The largest absolute Gasteiger partial charge is 0.496 e. The molecule has 0 saturated heterocycles. The normalized spacial score (nSPS) is 26.0. The molecule has 3 unspecified atom stereocenters. The fourth-order valence-corrected chi connectivity index (χ4v) is 8.02. The Morgan fingerprint density at radius 2 is 1.71 bits per heavy atom. The second kappa shape index (κ2) is 10.1. The van der Waals surface area contributed by atoms with E-state index in [4.69, 9.17) is 26.8 Å². The number of nitrogens with zero attached hydrogens (tertiary/aromatic N) is 2. The van der Waals surface area contributed by atoms with Crippen molar-refractivity contribution in [2.45, 2.75) is 37.6 Å². The zero-order chi connectivity index (χ0) is 29.1. The number of carbonyl (C=O) groups is 3. The van der Waals surface area contributed by atoms with E-state index in [9.17, 15) is 19.5 Å². The number of halogens is 1. The van der Waals surface area contributed by atoms with Crippen LogP contribution in [0.4, 0.5) is 0 Å². The molecule has 0 radical (unpaired) electrons. The van der Waals surface area contributed by atoms with Crippen molar-refractivity contribution >= 4 is 29.4 Å². The molecule has 3 atom stereocenters. The molecular weight excluding hydrogens is 548 g/mol. The molecule has 2 amide bonds. The van der Waals surface area contributed by atoms with E-state index in [1.807, 2.05) is 0 Å². The van der Waals surface area contributed by atoms with Gasteiger partial charge in [0.2, 0.25) is 5.91 Å². The van der Waals surface area contributed by atoms with Gasteiger partial charge in [0.25, 0.3) is 5.91 Å². The summed E-state index contributed by atoms with van der Waals surface area (Å²) < 4.78 is 12.8. The molecule has 4 saturated carbocycles. The summed E-state index contributed by atoms with van der Waals surface area (Å²) >= 11 is 6.38. The van der Waals surface area contributed by atoms with Crippen LogP contribution in [-0.4, -0.2) is 52.4 Å². The molecule has 4 aliphatic carbocycles. The average molecular weight is 579 g/mol. The Hall–Kier alpha value is -4.05. The van der Waals surface area contributed by atoms with Gasteiger partial charge in [0, 0.05) is 0 Å². The maximum absolute atomic E-state index is 13.9. The second-order valence-electron chi connectivity index (χ2n) is 11.4. The topological polar surface area (TPSA) is 146 Å². The van der Waals surface area contributed by atoms with Gasteiger partial charge in [0.15, 0.2) is 5.69 Å². The minimum absolute atomic E-state index is 0.0657. The number of rotatable bonds is 8. The second-order valence-corrected chi connectivity index (χ2v) is 11.8. The van der Waals surface area contributed by atoms with Crippen LogP contribution in [0.2, 0.25) is 5.02 Å². The van der Waals surface area contributed by atoms with Crippen molar-refractivity contribution in [3.8, 4) is 28.4 Å². The Morgan fingerprint density at radius 3 is 2.27 bits per heavy atom. The van der Waals surface area contributed by atoms with E-state index in [0.29, 0.717) is 53.1 Å². The number of amides is 2. The maximum Gasteiger partial charge on any atom is 0.309 e. The van der Waals surface area contributed by atoms with Crippen LogP contribution in [0.15, 0.2) is 42.5 Å². The van der Waals surface area contributed by atoms with Crippen molar-refractivity contribution in [3.05, 3.63) is 58.7 Å². The Bertz CT molecular complexity index is 1530. The fourth-order valence-electron chi connectivity index (χ4n) is 7.75. The van der Waals surface area contributed by atoms with Crippen LogP contribution in [0, 0.1) is 23.7 Å². The molecule has 214 valence electrons. The number of carbonyl (C=O) groups excluding carboxylic acids is 2. The van der Waals surface area contributed by atoms with Gasteiger partial charge in [-0.25, -0.2) is 4.68 Å². The highest BCUT2D eigenvalue weighted by Gasteiger charge is 2.60. The molecule has 4 bridgehead atoms. The summed E-state index contributed by atoms with van der Waals surface area (Å²) in [5.74, 6) is -0.729. The van der Waals surface area contributed by atoms with Crippen molar-refractivity contribution in [2.24, 2.45) is 29.4 Å². The Balaban J connectivity index is 1.45. The molecule has 11 heteroatoms. The van der Waals surface area contributed by atoms with Crippen LogP contribution in [0.1, 0.15) is 53.0 Å². The number of carboxylic acid groups (broad SMARTS) is 1. The van der Waals surface area contributed by atoms with Crippen LogP contribution >= 0.6 is 11.6 Å². The molecule has 0 aliphatic heterocycles. The van der Waals surface area contributed by atoms with E-state index in [2.05, 4.69) is 10.4 Å². The number of ether oxygens (including phenoxy) is 2. The molecule has 41 heavy (non-hydrogen) atoms. The average Bonchev–Trinajstić information content (AvgIpc) is 3.36. The lowest BCUT2D eigenvalue weighted by molar-refractivity contribution is -0.159. The van der Waals surface area contributed by atoms with E-state index in [1.54, 1.807) is 36.4 Å². The molecule has 4 aliphatic rings. The number of carboxylic acids is 1. The highest BCUT2D eigenvalue weighted by Crippen LogP contribution is 2.58. The first-order valence-corrected chi connectivity index (χ1v) is 14.0. The number of hydrogen-bond donors (Lipinski definition) is 3. The zero-order valence-electron chi connectivity index (χ0n) is 22.7. The first kappa shape index (κ1) is 27.1. The van der Waals surface area contributed by atoms with Gasteiger partial charge in [0.05, 0.1) is 53.2 Å². The van der Waals surface area contributed by atoms with E-state index in [-0.39, 0.29) is 22.2 Å². The Labute approximate surface area is 241 Å². The summed E-state index contributed by atoms with van der Waals surface area (Å²) in [6.45, 7) is 0. The third kappa shape index (κ3) is 4.50. The quantitative estimate of drug-likeness (QED) is 0.361. The third-order valence-electron chi connectivity index (χ3n) is 9.03. The standard InChI is InChI=1S/C30H31ClN4O6/c1-40-23-4-3-5-24(41-2)25(23)22-12-21(34-35(22)18-6-7-19(27(32)36)20(31)11-18)28(37)33-30-13-15-8-16(14-30)10-17(9-15)26(30)29(38)39/h3-7,11-12,15-17,26H,8-10,13-14H2,1-2H3,(H2,32,36)(H,33,37)(H,38,39). The molecule has 2 aromatic carbocycles. The van der Waals surface area contributed by atoms with Crippen LogP contribution in [-0.2, 0) is 4.79 Å². The van der Waals surface area contributed by atoms with Gasteiger partial charge in [-0.15, -0.1) is 0 Å². The van der Waals surface area contributed by atoms with Crippen LogP contribution < -0.4 is 20.5 Å². The van der Waals surface area contributed by atoms with Crippen molar-refractivity contribution < 1.29 is 29.0 Å². The summed E-state index contributed by atoms with van der Waals surface area (Å²) in [5.41, 5.74) is 6.39. The number of aromatic nitrogens is 2. The zero-order valence-corrected chi connectivity index (χ0v) is 23.5. The highest BCUT2D eigenvalue weighted by atomic mass is 35.5. The lowest BCUT2D eigenvalue weighted by atomic mass is 9.48. The monoisotopic (exact) mass is 578 g/mol. The van der Waals surface area contributed by atoms with Crippen LogP contribution in [0.3, 0.4) is 0 Å². The van der Waals surface area contributed by atoms with Crippen LogP contribution in [0.5, 0.6) is 11.5 Å². The summed E-state index contributed by atoms with van der Waals surface area (Å²) in [5, 5.41) is 18.2. The number of primary amides is 1. The van der Waals surface area contributed by atoms with E-state index < -0.39 is 29.2 Å². The number of nitrogens with two attached hydrogens (primary N) is 1. The summed E-state index contributed by atoms with van der Waals surface area (Å²) in [6, 6.07) is 11.6. The molecule has 0 spiro atoms. The first-order valence-electron chi connectivity index (χ1n) is 13.6. The molecule has 3 aromatic rings. The fraction of sp³-hybridized carbons (Fsp3) is 0.400. The highest BCUT2D eigenvalue weighted by molar-refractivity contribution is 6.34.